The molecule has 0 saturated heterocycles. The molecule has 0 aliphatic heterocycles. The van der Waals surface area contributed by atoms with Gasteiger partial charge in [-0.3, -0.25) is 5.43 Å². The molecular formula is C15H11Br2F3N2O. The Balaban J connectivity index is 2.14. The molecule has 2 rings (SSSR count). The summed E-state index contributed by atoms with van der Waals surface area (Å²) < 4.78 is 38.7. The molecule has 0 heterocycles. The molecule has 122 valence electrons. The lowest BCUT2D eigenvalue weighted by atomic mass is 10.1. The lowest BCUT2D eigenvalue weighted by Gasteiger charge is -2.08. The average molecular weight is 452 g/mol. The van der Waals surface area contributed by atoms with Crippen molar-refractivity contribution in [2.45, 2.75) is 13.1 Å². The molecule has 0 unspecified atom stereocenters. The van der Waals surface area contributed by atoms with Crippen molar-refractivity contribution in [2.24, 2.45) is 5.10 Å². The fraction of sp³-hybridized carbons (Fsp3) is 0.133. The van der Waals surface area contributed by atoms with Gasteiger partial charge in [0.2, 0.25) is 0 Å². The van der Waals surface area contributed by atoms with Crippen LogP contribution in [0.2, 0.25) is 0 Å². The highest BCUT2D eigenvalue weighted by Crippen LogP contribution is 2.35. The van der Waals surface area contributed by atoms with Crippen molar-refractivity contribution >= 4 is 43.8 Å². The predicted octanol–water partition coefficient (Wildman–Crippen LogP) is 5.69. The fourth-order valence-corrected chi connectivity index (χ4v) is 2.88. The minimum absolute atomic E-state index is 0.0312. The van der Waals surface area contributed by atoms with Gasteiger partial charge in [0.15, 0.2) is 0 Å². The summed E-state index contributed by atoms with van der Waals surface area (Å²) in [7, 11) is 0. The van der Waals surface area contributed by atoms with Gasteiger partial charge in [-0.25, -0.2) is 0 Å². The van der Waals surface area contributed by atoms with Crippen molar-refractivity contribution in [3.63, 3.8) is 0 Å². The van der Waals surface area contributed by atoms with Crippen LogP contribution in [0.4, 0.5) is 18.9 Å². The summed E-state index contributed by atoms with van der Waals surface area (Å²) in [4.78, 5) is 0. The van der Waals surface area contributed by atoms with E-state index in [1.807, 2.05) is 6.92 Å². The molecule has 0 spiro atoms. The van der Waals surface area contributed by atoms with E-state index in [2.05, 4.69) is 42.4 Å². The lowest BCUT2D eigenvalue weighted by Crippen LogP contribution is -2.04. The summed E-state index contributed by atoms with van der Waals surface area (Å²) in [5.41, 5.74) is 3.58. The zero-order valence-electron chi connectivity index (χ0n) is 11.7. The highest BCUT2D eigenvalue weighted by atomic mass is 79.9. The Morgan fingerprint density at radius 1 is 1.17 bits per heavy atom. The smallest absolute Gasteiger partial charge is 0.416 e. The number of rotatable bonds is 3. The van der Waals surface area contributed by atoms with Crippen molar-refractivity contribution < 1.29 is 18.3 Å². The minimum atomic E-state index is -4.37. The van der Waals surface area contributed by atoms with Crippen LogP contribution >= 0.6 is 31.9 Å². The van der Waals surface area contributed by atoms with Gasteiger partial charge in [-0.05, 0) is 58.7 Å². The quantitative estimate of drug-likeness (QED) is 0.465. The zero-order chi connectivity index (χ0) is 17.2. The number of nitrogens with one attached hydrogen (secondary N) is 1. The van der Waals surface area contributed by atoms with Crippen LogP contribution in [0, 0.1) is 6.92 Å². The van der Waals surface area contributed by atoms with Crippen molar-refractivity contribution in [1.29, 1.82) is 0 Å². The summed E-state index contributed by atoms with van der Waals surface area (Å²) in [5, 5.41) is 13.9. The first kappa shape index (κ1) is 17.8. The molecule has 0 fully saturated rings. The van der Waals surface area contributed by atoms with Crippen molar-refractivity contribution in [1.82, 2.24) is 0 Å². The SMILES string of the molecule is Cc1c(Br)cc(/C=N/Nc2ccc(C(F)(F)F)cc2)c(O)c1Br. The van der Waals surface area contributed by atoms with Crippen molar-refractivity contribution in [3.05, 3.63) is 56.0 Å². The third kappa shape index (κ3) is 4.26. The van der Waals surface area contributed by atoms with E-state index in [1.165, 1.54) is 18.3 Å². The number of aromatic hydroxyl groups is 1. The number of hydrogen-bond acceptors (Lipinski definition) is 3. The van der Waals surface area contributed by atoms with Crippen LogP contribution in [-0.2, 0) is 6.18 Å². The molecule has 0 aliphatic rings. The largest absolute Gasteiger partial charge is 0.506 e. The van der Waals surface area contributed by atoms with E-state index in [0.717, 1.165) is 22.2 Å². The van der Waals surface area contributed by atoms with Crippen LogP contribution in [0.15, 0.2) is 44.4 Å². The first-order valence-corrected chi connectivity index (χ1v) is 7.92. The highest BCUT2D eigenvalue weighted by Gasteiger charge is 2.29. The molecule has 2 aromatic rings. The van der Waals surface area contributed by atoms with Gasteiger partial charge < -0.3 is 5.11 Å². The Kier molecular flexibility index (Phi) is 5.36. The molecule has 2 aromatic carbocycles. The van der Waals surface area contributed by atoms with Gasteiger partial charge in [-0.2, -0.15) is 18.3 Å². The summed E-state index contributed by atoms with van der Waals surface area (Å²) in [6.07, 6.45) is -2.99. The van der Waals surface area contributed by atoms with Crippen LogP contribution in [0.5, 0.6) is 5.75 Å². The van der Waals surface area contributed by atoms with Crippen molar-refractivity contribution in [3.8, 4) is 5.75 Å². The maximum absolute atomic E-state index is 12.5. The zero-order valence-corrected chi connectivity index (χ0v) is 14.9. The third-order valence-electron chi connectivity index (χ3n) is 3.06. The Labute approximate surface area is 147 Å². The number of alkyl halides is 3. The van der Waals surface area contributed by atoms with Crippen LogP contribution in [0.25, 0.3) is 0 Å². The first-order chi connectivity index (χ1) is 10.7. The molecular weight excluding hydrogens is 441 g/mol. The summed E-state index contributed by atoms with van der Waals surface area (Å²) in [5.74, 6) is 0.0312. The van der Waals surface area contributed by atoms with Crippen molar-refractivity contribution in [2.75, 3.05) is 5.43 Å². The number of anilines is 1. The Morgan fingerprint density at radius 2 is 1.78 bits per heavy atom. The molecule has 0 aliphatic carbocycles. The molecule has 3 nitrogen and oxygen atoms in total. The predicted molar refractivity (Wildman–Crippen MR) is 90.9 cm³/mol. The Bertz CT molecular complexity index is 744. The van der Waals surface area contributed by atoms with Gasteiger partial charge in [0.25, 0.3) is 0 Å². The van der Waals surface area contributed by atoms with Crippen LogP contribution in [0.3, 0.4) is 0 Å². The minimum Gasteiger partial charge on any atom is -0.506 e. The van der Waals surface area contributed by atoms with Crippen LogP contribution < -0.4 is 5.43 Å². The molecule has 0 saturated carbocycles. The number of nitrogens with zero attached hydrogens (tertiary/aromatic N) is 1. The third-order valence-corrected chi connectivity index (χ3v) is 4.85. The molecule has 23 heavy (non-hydrogen) atoms. The molecule has 0 radical (unpaired) electrons. The summed E-state index contributed by atoms with van der Waals surface area (Å²) >= 11 is 6.64. The number of benzene rings is 2. The number of hydrogen-bond donors (Lipinski definition) is 2. The van der Waals surface area contributed by atoms with E-state index in [1.54, 1.807) is 6.07 Å². The number of phenols is 1. The number of hydrazone groups is 1. The van der Waals surface area contributed by atoms with Gasteiger partial charge in [0.1, 0.15) is 5.75 Å². The van der Waals surface area contributed by atoms with E-state index in [4.69, 9.17) is 0 Å². The van der Waals surface area contributed by atoms with Crippen LogP contribution in [0.1, 0.15) is 16.7 Å². The second kappa shape index (κ2) is 6.92. The molecule has 0 bridgehead atoms. The molecule has 0 aromatic heterocycles. The monoisotopic (exact) mass is 450 g/mol. The van der Waals surface area contributed by atoms with Gasteiger partial charge in [-0.1, -0.05) is 15.9 Å². The Morgan fingerprint density at radius 3 is 2.35 bits per heavy atom. The van der Waals surface area contributed by atoms with E-state index in [0.29, 0.717) is 15.7 Å². The normalized spacial score (nSPS) is 11.9. The Hall–Kier alpha value is -1.54. The van der Waals surface area contributed by atoms with E-state index in [-0.39, 0.29) is 5.75 Å². The fourth-order valence-electron chi connectivity index (χ4n) is 1.73. The molecule has 0 amide bonds. The molecule has 0 atom stereocenters. The maximum atomic E-state index is 12.5. The summed E-state index contributed by atoms with van der Waals surface area (Å²) in [6, 6.07) is 6.18. The lowest BCUT2D eigenvalue weighted by molar-refractivity contribution is -0.137. The van der Waals surface area contributed by atoms with E-state index < -0.39 is 11.7 Å². The van der Waals surface area contributed by atoms with Gasteiger partial charge in [0.05, 0.1) is 21.9 Å². The second-order valence-corrected chi connectivity index (χ2v) is 6.33. The highest BCUT2D eigenvalue weighted by molar-refractivity contribution is 9.11. The number of phenolic OH excluding ortho intramolecular Hbond substituents is 1. The first-order valence-electron chi connectivity index (χ1n) is 6.34. The molecule has 8 heteroatoms. The maximum Gasteiger partial charge on any atom is 0.416 e. The van der Waals surface area contributed by atoms with Gasteiger partial charge >= 0.3 is 6.18 Å². The van der Waals surface area contributed by atoms with E-state index >= 15 is 0 Å². The van der Waals surface area contributed by atoms with Gasteiger partial charge in [-0.15, -0.1) is 0 Å². The van der Waals surface area contributed by atoms with E-state index in [9.17, 15) is 18.3 Å². The standard InChI is InChI=1S/C15H11Br2F3N2O/c1-8-12(16)6-9(14(23)13(8)17)7-21-22-11-4-2-10(3-5-11)15(18,19)20/h2-7,22-23H,1H3/b21-7+. The van der Waals surface area contributed by atoms with Gasteiger partial charge in [0, 0.05) is 10.0 Å². The van der Waals surface area contributed by atoms with Crippen LogP contribution in [-0.4, -0.2) is 11.3 Å². The number of halogens is 5. The average Bonchev–Trinajstić information content (AvgIpc) is 2.50. The second-order valence-electron chi connectivity index (χ2n) is 4.68. The molecule has 2 N–H and O–H groups in total. The topological polar surface area (TPSA) is 44.6 Å². The summed E-state index contributed by atoms with van der Waals surface area (Å²) in [6.45, 7) is 1.83.